The number of aliphatic hydroxyl groups excluding tert-OH is 1. The predicted molar refractivity (Wildman–Crippen MR) is 56.9 cm³/mol. The lowest BCUT2D eigenvalue weighted by Crippen LogP contribution is -2.29. The molecule has 0 aliphatic heterocycles. The van der Waals surface area contributed by atoms with Crippen molar-refractivity contribution < 1.29 is 9.90 Å². The number of Topliss-reactive ketones (excluding diaryl/α,β-unsaturated/α-hetero) is 1. The SMILES string of the molecule is CC(C)C(O)C1=CC(C)(C)CCC1=O. The van der Waals surface area contributed by atoms with Gasteiger partial charge in [-0.15, -0.1) is 0 Å². The van der Waals surface area contributed by atoms with Gasteiger partial charge in [-0.25, -0.2) is 0 Å². The summed E-state index contributed by atoms with van der Waals surface area (Å²) in [5.41, 5.74) is 0.676. The number of ketones is 1. The molecule has 0 bridgehead atoms. The number of allylic oxidation sites excluding steroid dienone is 1. The number of rotatable bonds is 2. The summed E-state index contributed by atoms with van der Waals surface area (Å²) in [6.45, 7) is 8.07. The van der Waals surface area contributed by atoms with Gasteiger partial charge in [-0.3, -0.25) is 4.79 Å². The van der Waals surface area contributed by atoms with Gasteiger partial charge in [-0.05, 0) is 17.8 Å². The quantitative estimate of drug-likeness (QED) is 0.736. The van der Waals surface area contributed by atoms with Crippen molar-refractivity contribution in [1.29, 1.82) is 0 Å². The second-order valence-corrected chi connectivity index (χ2v) is 5.20. The molecule has 0 fully saturated rings. The third kappa shape index (κ3) is 2.44. The predicted octanol–water partition coefficient (Wildman–Crippen LogP) is 2.32. The molecule has 1 aliphatic rings. The van der Waals surface area contributed by atoms with Crippen LogP contribution in [0.2, 0.25) is 0 Å². The fourth-order valence-corrected chi connectivity index (χ4v) is 1.76. The second-order valence-electron chi connectivity index (χ2n) is 5.20. The van der Waals surface area contributed by atoms with Crippen molar-refractivity contribution in [3.63, 3.8) is 0 Å². The van der Waals surface area contributed by atoms with Gasteiger partial charge in [0.05, 0.1) is 6.10 Å². The van der Waals surface area contributed by atoms with Crippen molar-refractivity contribution in [3.8, 4) is 0 Å². The molecule has 0 saturated heterocycles. The van der Waals surface area contributed by atoms with Gasteiger partial charge in [0.15, 0.2) is 5.78 Å². The Labute approximate surface area is 86.0 Å². The van der Waals surface area contributed by atoms with Crippen molar-refractivity contribution in [1.82, 2.24) is 0 Å². The first-order valence-electron chi connectivity index (χ1n) is 5.27. The van der Waals surface area contributed by atoms with Crippen LogP contribution in [0.25, 0.3) is 0 Å². The highest BCUT2D eigenvalue weighted by Gasteiger charge is 2.30. The molecular weight excluding hydrogens is 176 g/mol. The molecule has 1 atom stereocenters. The van der Waals surface area contributed by atoms with E-state index in [1.165, 1.54) is 0 Å². The van der Waals surface area contributed by atoms with Crippen LogP contribution in [0.4, 0.5) is 0 Å². The number of carbonyl (C=O) groups is 1. The summed E-state index contributed by atoms with van der Waals surface area (Å²) in [6.07, 6.45) is 2.81. The zero-order valence-electron chi connectivity index (χ0n) is 9.50. The molecule has 1 unspecified atom stereocenters. The van der Waals surface area contributed by atoms with Crippen LogP contribution in [0, 0.1) is 11.3 Å². The minimum absolute atomic E-state index is 0.0547. The molecule has 0 aromatic heterocycles. The number of hydrogen-bond acceptors (Lipinski definition) is 2. The minimum atomic E-state index is -0.595. The van der Waals surface area contributed by atoms with Crippen LogP contribution in [0.1, 0.15) is 40.5 Å². The van der Waals surface area contributed by atoms with Crippen molar-refractivity contribution >= 4 is 5.78 Å². The van der Waals surface area contributed by atoms with E-state index in [1.54, 1.807) is 0 Å². The molecule has 0 spiro atoms. The maximum Gasteiger partial charge on any atom is 0.161 e. The van der Waals surface area contributed by atoms with E-state index in [-0.39, 0.29) is 17.1 Å². The highest BCUT2D eigenvalue weighted by Crippen LogP contribution is 2.33. The summed E-state index contributed by atoms with van der Waals surface area (Å²) in [5, 5.41) is 9.86. The molecule has 80 valence electrons. The van der Waals surface area contributed by atoms with E-state index in [2.05, 4.69) is 13.8 Å². The molecule has 2 nitrogen and oxygen atoms in total. The molecule has 0 amide bonds. The molecule has 1 aliphatic carbocycles. The lowest BCUT2D eigenvalue weighted by Gasteiger charge is -2.29. The first-order valence-corrected chi connectivity index (χ1v) is 5.27. The van der Waals surface area contributed by atoms with Crippen molar-refractivity contribution in [2.45, 2.75) is 46.6 Å². The van der Waals surface area contributed by atoms with Crippen molar-refractivity contribution in [3.05, 3.63) is 11.6 Å². The van der Waals surface area contributed by atoms with Gasteiger partial charge < -0.3 is 5.11 Å². The lowest BCUT2D eigenvalue weighted by atomic mass is 9.76. The van der Waals surface area contributed by atoms with Crippen LogP contribution < -0.4 is 0 Å². The normalized spacial score (nSPS) is 23.6. The fraction of sp³-hybridized carbons (Fsp3) is 0.750. The molecular formula is C12H20O2. The van der Waals surface area contributed by atoms with Gasteiger partial charge in [-0.2, -0.15) is 0 Å². The fourth-order valence-electron chi connectivity index (χ4n) is 1.76. The van der Waals surface area contributed by atoms with Crippen LogP contribution in [0.5, 0.6) is 0 Å². The molecule has 1 N–H and O–H groups in total. The number of carbonyl (C=O) groups excluding carboxylic acids is 1. The van der Waals surface area contributed by atoms with Crippen molar-refractivity contribution in [2.24, 2.45) is 11.3 Å². The molecule has 0 radical (unpaired) electrons. The van der Waals surface area contributed by atoms with Crippen molar-refractivity contribution in [2.75, 3.05) is 0 Å². The maximum absolute atomic E-state index is 11.6. The Morgan fingerprint density at radius 1 is 1.43 bits per heavy atom. The van der Waals surface area contributed by atoms with Gasteiger partial charge in [0.25, 0.3) is 0 Å². The van der Waals surface area contributed by atoms with E-state index >= 15 is 0 Å². The monoisotopic (exact) mass is 196 g/mol. The van der Waals surface area contributed by atoms with Gasteiger partial charge in [0.2, 0.25) is 0 Å². The number of aliphatic hydroxyl groups is 1. The van der Waals surface area contributed by atoms with Gasteiger partial charge in [0, 0.05) is 12.0 Å². The Balaban J connectivity index is 2.94. The Hall–Kier alpha value is -0.630. The summed E-state index contributed by atoms with van der Waals surface area (Å²) in [5.74, 6) is 0.227. The van der Waals surface area contributed by atoms with E-state index in [4.69, 9.17) is 0 Å². The molecule has 14 heavy (non-hydrogen) atoms. The summed E-state index contributed by atoms with van der Waals surface area (Å²) >= 11 is 0. The highest BCUT2D eigenvalue weighted by atomic mass is 16.3. The van der Waals surface area contributed by atoms with Crippen LogP contribution in [-0.4, -0.2) is 17.0 Å². The second kappa shape index (κ2) is 3.85. The zero-order valence-corrected chi connectivity index (χ0v) is 9.50. The smallest absolute Gasteiger partial charge is 0.161 e. The van der Waals surface area contributed by atoms with Crippen LogP contribution in [-0.2, 0) is 4.79 Å². The van der Waals surface area contributed by atoms with E-state index < -0.39 is 6.10 Å². The van der Waals surface area contributed by atoms with Crippen LogP contribution in [0.15, 0.2) is 11.6 Å². The van der Waals surface area contributed by atoms with Gasteiger partial charge in [-0.1, -0.05) is 33.8 Å². The molecule has 0 heterocycles. The Morgan fingerprint density at radius 2 is 2.00 bits per heavy atom. The topological polar surface area (TPSA) is 37.3 Å². The minimum Gasteiger partial charge on any atom is -0.388 e. The molecule has 1 rings (SSSR count). The molecule has 2 heteroatoms. The van der Waals surface area contributed by atoms with Gasteiger partial charge in [0.1, 0.15) is 0 Å². The molecule has 0 aromatic carbocycles. The largest absolute Gasteiger partial charge is 0.388 e. The maximum atomic E-state index is 11.6. The van der Waals surface area contributed by atoms with E-state index in [1.807, 2.05) is 19.9 Å². The van der Waals surface area contributed by atoms with Crippen LogP contribution >= 0.6 is 0 Å². The average molecular weight is 196 g/mol. The van der Waals surface area contributed by atoms with E-state index in [0.717, 1.165) is 6.42 Å². The molecule has 0 aromatic rings. The van der Waals surface area contributed by atoms with Crippen LogP contribution in [0.3, 0.4) is 0 Å². The van der Waals surface area contributed by atoms with E-state index in [9.17, 15) is 9.90 Å². The summed E-state index contributed by atoms with van der Waals surface area (Å²) in [6, 6.07) is 0. The van der Waals surface area contributed by atoms with E-state index in [0.29, 0.717) is 12.0 Å². The Bertz CT molecular complexity index is 261. The lowest BCUT2D eigenvalue weighted by molar-refractivity contribution is -0.117. The van der Waals surface area contributed by atoms with Gasteiger partial charge >= 0.3 is 0 Å². The first kappa shape index (κ1) is 11.4. The number of hydrogen-bond donors (Lipinski definition) is 1. The zero-order chi connectivity index (χ0) is 10.9. The third-order valence-electron chi connectivity index (χ3n) is 2.81. The average Bonchev–Trinajstić information content (AvgIpc) is 2.08. The molecule has 0 saturated carbocycles. The standard InChI is InChI=1S/C12H20O2/c1-8(2)11(14)9-7-12(3,4)6-5-10(9)13/h7-8,11,14H,5-6H2,1-4H3. The summed E-state index contributed by atoms with van der Waals surface area (Å²) in [7, 11) is 0. The Morgan fingerprint density at radius 3 is 2.50 bits per heavy atom. The Kier molecular flexibility index (Phi) is 3.15. The summed E-state index contributed by atoms with van der Waals surface area (Å²) in [4.78, 5) is 11.6. The third-order valence-corrected chi connectivity index (χ3v) is 2.81. The first-order chi connectivity index (χ1) is 6.33. The summed E-state index contributed by atoms with van der Waals surface area (Å²) < 4.78 is 0. The highest BCUT2D eigenvalue weighted by molar-refractivity contribution is 5.97.